The second kappa shape index (κ2) is 14.8. The van der Waals surface area contributed by atoms with Crippen LogP contribution in [0, 0.1) is 0 Å². The van der Waals surface area contributed by atoms with E-state index in [4.69, 9.17) is 0 Å². The van der Waals surface area contributed by atoms with Crippen molar-refractivity contribution in [2.75, 3.05) is 4.90 Å². The van der Waals surface area contributed by atoms with E-state index in [1.807, 2.05) is 0 Å². The molecule has 0 unspecified atom stereocenters. The van der Waals surface area contributed by atoms with Gasteiger partial charge in [-0.15, -0.1) is 0 Å². The third kappa shape index (κ3) is 6.92. The quantitative estimate of drug-likeness (QED) is 0.140. The Morgan fingerprint density at radius 2 is 0.569 bits per heavy atom. The van der Waals surface area contributed by atoms with Crippen LogP contribution in [0.15, 0.2) is 224 Å². The van der Waals surface area contributed by atoms with E-state index in [1.54, 1.807) is 0 Å². The highest BCUT2D eigenvalue weighted by molar-refractivity contribution is 6.04. The lowest BCUT2D eigenvalue weighted by molar-refractivity contribution is 1.28. The molecule has 0 spiro atoms. The first kappa shape index (κ1) is 31.6. The fraction of sp³-hybridized carbons (Fsp3) is 0. The topological polar surface area (TPSA) is 3.24 Å². The molecule has 0 N–H and O–H groups in total. The van der Waals surface area contributed by atoms with Crippen LogP contribution in [0.1, 0.15) is 22.3 Å². The SMILES string of the molecule is c1ccc(C(=C(c2ccccc2)c2ccc(-c3cccc(N(c4ccccc4)c4ccc(-c5ccccc5)cc4)c3)cc2)c2ccccc2)cc1. The predicted octanol–water partition coefficient (Wildman–Crippen LogP) is 13.5. The number of benzene rings is 8. The fourth-order valence-electron chi connectivity index (χ4n) is 6.84. The van der Waals surface area contributed by atoms with E-state index in [0.717, 1.165) is 22.6 Å². The summed E-state index contributed by atoms with van der Waals surface area (Å²) < 4.78 is 0. The van der Waals surface area contributed by atoms with Gasteiger partial charge >= 0.3 is 0 Å². The van der Waals surface area contributed by atoms with Crippen LogP contribution < -0.4 is 4.90 Å². The Balaban J connectivity index is 1.20. The number of para-hydroxylation sites is 1. The van der Waals surface area contributed by atoms with Crippen molar-refractivity contribution in [2.24, 2.45) is 0 Å². The Kier molecular flexibility index (Phi) is 9.17. The van der Waals surface area contributed by atoms with E-state index in [9.17, 15) is 0 Å². The van der Waals surface area contributed by atoms with Crippen molar-refractivity contribution in [2.45, 2.75) is 0 Å². The van der Waals surface area contributed by atoms with Crippen molar-refractivity contribution in [1.29, 1.82) is 0 Å². The normalized spacial score (nSPS) is 10.7. The molecule has 0 aliphatic rings. The summed E-state index contributed by atoms with van der Waals surface area (Å²) in [5, 5.41) is 0. The lowest BCUT2D eigenvalue weighted by atomic mass is 9.85. The lowest BCUT2D eigenvalue weighted by Crippen LogP contribution is -2.09. The Morgan fingerprint density at radius 1 is 0.235 bits per heavy atom. The molecule has 0 bridgehead atoms. The number of hydrogen-bond donors (Lipinski definition) is 0. The highest BCUT2D eigenvalue weighted by Crippen LogP contribution is 2.39. The largest absolute Gasteiger partial charge is 0.310 e. The molecule has 8 aromatic rings. The molecule has 0 radical (unpaired) electrons. The Labute approximate surface area is 301 Å². The third-order valence-electron chi connectivity index (χ3n) is 9.30. The summed E-state index contributed by atoms with van der Waals surface area (Å²) in [6, 6.07) is 80.1. The van der Waals surface area contributed by atoms with Crippen LogP contribution in [0.2, 0.25) is 0 Å². The summed E-state index contributed by atoms with van der Waals surface area (Å²) in [6.45, 7) is 0. The highest BCUT2D eigenvalue weighted by Gasteiger charge is 2.17. The molecule has 242 valence electrons. The second-order valence-corrected chi connectivity index (χ2v) is 12.6. The molecule has 0 aliphatic heterocycles. The van der Waals surface area contributed by atoms with Crippen LogP contribution >= 0.6 is 0 Å². The van der Waals surface area contributed by atoms with Gasteiger partial charge in [-0.05, 0) is 92.1 Å². The van der Waals surface area contributed by atoms with Crippen LogP contribution in [0.5, 0.6) is 0 Å². The van der Waals surface area contributed by atoms with E-state index in [2.05, 4.69) is 229 Å². The van der Waals surface area contributed by atoms with Crippen LogP contribution in [0.4, 0.5) is 17.1 Å². The zero-order valence-corrected chi connectivity index (χ0v) is 28.3. The zero-order valence-electron chi connectivity index (χ0n) is 28.3. The van der Waals surface area contributed by atoms with E-state index < -0.39 is 0 Å². The minimum absolute atomic E-state index is 1.11. The van der Waals surface area contributed by atoms with Gasteiger partial charge in [0.05, 0.1) is 0 Å². The van der Waals surface area contributed by atoms with Gasteiger partial charge in [0.15, 0.2) is 0 Å². The minimum atomic E-state index is 1.11. The van der Waals surface area contributed by atoms with Crippen molar-refractivity contribution in [1.82, 2.24) is 0 Å². The van der Waals surface area contributed by atoms with Gasteiger partial charge in [-0.1, -0.05) is 188 Å². The molecule has 0 atom stereocenters. The molecule has 8 aromatic carbocycles. The van der Waals surface area contributed by atoms with Crippen molar-refractivity contribution in [3.63, 3.8) is 0 Å². The monoisotopic (exact) mass is 651 g/mol. The molecular weight excluding hydrogens is 615 g/mol. The van der Waals surface area contributed by atoms with Gasteiger partial charge in [-0.25, -0.2) is 0 Å². The van der Waals surface area contributed by atoms with Gasteiger partial charge in [-0.2, -0.15) is 0 Å². The molecule has 0 aromatic heterocycles. The molecule has 0 aliphatic carbocycles. The lowest BCUT2D eigenvalue weighted by Gasteiger charge is -2.26. The maximum atomic E-state index is 2.33. The molecule has 1 heteroatoms. The summed E-state index contributed by atoms with van der Waals surface area (Å²) in [6.07, 6.45) is 0. The first-order chi connectivity index (χ1) is 25.3. The highest BCUT2D eigenvalue weighted by atomic mass is 15.1. The van der Waals surface area contributed by atoms with Gasteiger partial charge < -0.3 is 4.90 Å². The Bertz CT molecular complexity index is 2300. The zero-order chi connectivity index (χ0) is 34.2. The Morgan fingerprint density at radius 3 is 1.08 bits per heavy atom. The third-order valence-corrected chi connectivity index (χ3v) is 9.30. The first-order valence-electron chi connectivity index (χ1n) is 17.4. The van der Waals surface area contributed by atoms with E-state index in [0.29, 0.717) is 0 Å². The number of nitrogens with zero attached hydrogens (tertiary/aromatic N) is 1. The first-order valence-corrected chi connectivity index (χ1v) is 17.4. The molecule has 0 fully saturated rings. The van der Waals surface area contributed by atoms with Crippen LogP contribution in [-0.4, -0.2) is 0 Å². The summed E-state index contributed by atoms with van der Waals surface area (Å²) in [5.74, 6) is 0. The minimum Gasteiger partial charge on any atom is -0.310 e. The maximum Gasteiger partial charge on any atom is 0.0467 e. The molecule has 0 saturated heterocycles. The maximum absolute atomic E-state index is 2.33. The van der Waals surface area contributed by atoms with Gasteiger partial charge in [-0.3, -0.25) is 0 Å². The number of anilines is 3. The number of rotatable bonds is 9. The summed E-state index contributed by atoms with van der Waals surface area (Å²) >= 11 is 0. The van der Waals surface area contributed by atoms with Gasteiger partial charge in [0.1, 0.15) is 0 Å². The van der Waals surface area contributed by atoms with Gasteiger partial charge in [0, 0.05) is 17.1 Å². The van der Waals surface area contributed by atoms with Gasteiger partial charge in [0.2, 0.25) is 0 Å². The molecule has 51 heavy (non-hydrogen) atoms. The van der Waals surface area contributed by atoms with Crippen LogP contribution in [0.25, 0.3) is 33.4 Å². The number of hydrogen-bond acceptors (Lipinski definition) is 1. The standard InChI is InChI=1S/C50H37N/c1-6-17-38(18-7-1)39-33-35-47(36-34-39)51(46-26-14-5-15-27-46)48-28-16-25-45(37-48)40-29-31-44(32-30-40)50(43-23-12-4-13-24-43)49(41-19-8-2-9-20-41)42-21-10-3-11-22-42/h1-37H. The Hall–Kier alpha value is -6.70. The van der Waals surface area contributed by atoms with Crippen molar-refractivity contribution in [3.05, 3.63) is 247 Å². The summed E-state index contributed by atoms with van der Waals surface area (Å²) in [7, 11) is 0. The predicted molar refractivity (Wildman–Crippen MR) is 216 cm³/mol. The van der Waals surface area contributed by atoms with Crippen LogP contribution in [0.3, 0.4) is 0 Å². The van der Waals surface area contributed by atoms with Crippen molar-refractivity contribution < 1.29 is 0 Å². The molecule has 1 nitrogen and oxygen atoms in total. The fourth-order valence-corrected chi connectivity index (χ4v) is 6.84. The average molecular weight is 652 g/mol. The molecule has 0 heterocycles. The average Bonchev–Trinajstić information content (AvgIpc) is 3.22. The molecule has 0 saturated carbocycles. The van der Waals surface area contributed by atoms with E-state index in [-0.39, 0.29) is 0 Å². The summed E-state index contributed by atoms with van der Waals surface area (Å²) in [5.41, 5.74) is 15.3. The molecular formula is C50H37N. The van der Waals surface area contributed by atoms with E-state index in [1.165, 1.54) is 50.1 Å². The van der Waals surface area contributed by atoms with Gasteiger partial charge in [0.25, 0.3) is 0 Å². The summed E-state index contributed by atoms with van der Waals surface area (Å²) in [4.78, 5) is 2.33. The van der Waals surface area contributed by atoms with Crippen molar-refractivity contribution in [3.8, 4) is 22.3 Å². The van der Waals surface area contributed by atoms with E-state index >= 15 is 0 Å². The molecule has 8 rings (SSSR count). The molecule has 0 amide bonds. The van der Waals surface area contributed by atoms with Crippen molar-refractivity contribution >= 4 is 28.2 Å². The smallest absolute Gasteiger partial charge is 0.0467 e. The van der Waals surface area contributed by atoms with Crippen LogP contribution in [-0.2, 0) is 0 Å². The second-order valence-electron chi connectivity index (χ2n) is 12.6.